The molecule has 138 valence electrons. The highest BCUT2D eigenvalue weighted by Gasteiger charge is 2.26. The Bertz CT molecular complexity index is 923. The van der Waals surface area contributed by atoms with Crippen molar-refractivity contribution in [3.63, 3.8) is 0 Å². The molecule has 0 spiro atoms. The zero-order valence-corrected chi connectivity index (χ0v) is 14.8. The van der Waals surface area contributed by atoms with Crippen LogP contribution in [0.5, 0.6) is 0 Å². The molecule has 0 aliphatic heterocycles. The van der Waals surface area contributed by atoms with Gasteiger partial charge in [-0.05, 0) is 43.3 Å². The van der Waals surface area contributed by atoms with Gasteiger partial charge in [0.05, 0.1) is 6.26 Å². The molecule has 2 aromatic rings. The number of anilines is 2. The Labute approximate surface area is 149 Å². The summed E-state index contributed by atoms with van der Waals surface area (Å²) < 4.78 is 52.0. The number of benzene rings is 2. The van der Waals surface area contributed by atoms with Crippen LogP contribution >= 0.6 is 0 Å². The van der Waals surface area contributed by atoms with Crippen molar-refractivity contribution in [1.82, 2.24) is 0 Å². The third-order valence-electron chi connectivity index (χ3n) is 3.45. The van der Waals surface area contributed by atoms with E-state index >= 15 is 0 Å². The van der Waals surface area contributed by atoms with Crippen LogP contribution in [0.1, 0.15) is 17.3 Å². The highest BCUT2D eigenvalue weighted by atomic mass is 32.2. The Hall–Kier alpha value is -2.81. The quantitative estimate of drug-likeness (QED) is 0.779. The van der Waals surface area contributed by atoms with Crippen LogP contribution in [0.2, 0.25) is 0 Å². The van der Waals surface area contributed by atoms with Crippen LogP contribution in [-0.4, -0.2) is 32.9 Å². The van der Waals surface area contributed by atoms with Gasteiger partial charge in [0.1, 0.15) is 12.2 Å². The third kappa shape index (κ3) is 4.63. The predicted octanol–water partition coefficient (Wildman–Crippen LogP) is 2.57. The lowest BCUT2D eigenvalue weighted by atomic mass is 10.1. The number of nitrogens with zero attached hydrogens (tertiary/aromatic N) is 1. The van der Waals surface area contributed by atoms with E-state index in [1.54, 1.807) is 0 Å². The number of hydrogen-bond donors (Lipinski definition) is 1. The molecule has 0 heterocycles. The topological polar surface area (TPSA) is 83.6 Å². The van der Waals surface area contributed by atoms with Crippen molar-refractivity contribution in [2.45, 2.75) is 6.92 Å². The van der Waals surface area contributed by atoms with Crippen molar-refractivity contribution in [1.29, 1.82) is 0 Å². The van der Waals surface area contributed by atoms with E-state index in [2.05, 4.69) is 5.32 Å². The van der Waals surface area contributed by atoms with Crippen LogP contribution in [0, 0.1) is 11.6 Å². The molecule has 0 aromatic heterocycles. The van der Waals surface area contributed by atoms with Crippen molar-refractivity contribution >= 4 is 33.1 Å². The van der Waals surface area contributed by atoms with Crippen LogP contribution < -0.4 is 9.62 Å². The maximum absolute atomic E-state index is 13.9. The Kier molecular flexibility index (Phi) is 5.71. The van der Waals surface area contributed by atoms with Gasteiger partial charge in [-0.15, -0.1) is 0 Å². The van der Waals surface area contributed by atoms with Gasteiger partial charge in [-0.2, -0.15) is 0 Å². The molecule has 0 fully saturated rings. The SMILES string of the molecule is CC(=O)c1ccc(NC(=O)CN(c2c(F)cccc2F)S(C)(=O)=O)cc1. The highest BCUT2D eigenvalue weighted by molar-refractivity contribution is 7.92. The van der Waals surface area contributed by atoms with E-state index in [0.29, 0.717) is 15.6 Å². The average molecular weight is 382 g/mol. The molecule has 0 saturated carbocycles. The summed E-state index contributed by atoms with van der Waals surface area (Å²) in [6.07, 6.45) is 0.744. The van der Waals surface area contributed by atoms with Gasteiger partial charge in [0.25, 0.3) is 0 Å². The minimum absolute atomic E-state index is 0.152. The molecule has 0 saturated heterocycles. The summed E-state index contributed by atoms with van der Waals surface area (Å²) in [5.74, 6) is -3.15. The van der Waals surface area contributed by atoms with E-state index in [1.165, 1.54) is 31.2 Å². The fourth-order valence-corrected chi connectivity index (χ4v) is 3.07. The number of carbonyl (C=O) groups is 2. The molecule has 0 bridgehead atoms. The summed E-state index contributed by atoms with van der Waals surface area (Å²) in [5.41, 5.74) is -0.0753. The van der Waals surface area contributed by atoms with Gasteiger partial charge in [-0.3, -0.25) is 13.9 Å². The minimum atomic E-state index is -4.12. The van der Waals surface area contributed by atoms with E-state index in [9.17, 15) is 26.8 Å². The number of carbonyl (C=O) groups excluding carboxylic acids is 2. The Balaban J connectivity index is 2.24. The van der Waals surface area contributed by atoms with Gasteiger partial charge in [-0.1, -0.05) is 6.07 Å². The first-order valence-electron chi connectivity index (χ1n) is 7.42. The number of amides is 1. The maximum atomic E-state index is 13.9. The standard InChI is InChI=1S/C17H16F2N2O4S/c1-11(22)12-6-8-13(9-7-12)20-16(23)10-21(26(2,24)25)17-14(18)4-3-5-15(17)19/h3-9H,10H2,1-2H3,(H,20,23). The molecular formula is C17H16F2N2O4S. The number of para-hydroxylation sites is 1. The van der Waals surface area contributed by atoms with E-state index < -0.39 is 39.8 Å². The molecular weight excluding hydrogens is 366 g/mol. The van der Waals surface area contributed by atoms with Gasteiger partial charge < -0.3 is 5.32 Å². The summed E-state index contributed by atoms with van der Waals surface area (Å²) in [6, 6.07) is 8.78. The summed E-state index contributed by atoms with van der Waals surface area (Å²) in [5, 5.41) is 2.42. The van der Waals surface area contributed by atoms with Crippen LogP contribution in [0.15, 0.2) is 42.5 Å². The molecule has 0 aliphatic rings. The number of rotatable bonds is 6. The normalized spacial score (nSPS) is 11.1. The molecule has 9 heteroatoms. The molecule has 0 aliphatic carbocycles. The average Bonchev–Trinajstić information content (AvgIpc) is 2.53. The molecule has 0 unspecified atom stereocenters. The van der Waals surface area contributed by atoms with Crippen LogP contribution in [0.4, 0.5) is 20.2 Å². The zero-order valence-electron chi connectivity index (χ0n) is 14.0. The fraction of sp³-hybridized carbons (Fsp3) is 0.176. The first kappa shape index (κ1) is 19.5. The van der Waals surface area contributed by atoms with Crippen molar-refractivity contribution < 1.29 is 26.8 Å². The molecule has 26 heavy (non-hydrogen) atoms. The largest absolute Gasteiger partial charge is 0.325 e. The second-order valence-corrected chi connectivity index (χ2v) is 7.43. The highest BCUT2D eigenvalue weighted by Crippen LogP contribution is 2.25. The molecule has 2 rings (SSSR count). The summed E-state index contributed by atoms with van der Waals surface area (Å²) >= 11 is 0. The zero-order chi connectivity index (χ0) is 19.5. The lowest BCUT2D eigenvalue weighted by Gasteiger charge is -2.22. The van der Waals surface area contributed by atoms with Gasteiger partial charge in [0.15, 0.2) is 17.4 Å². The lowest BCUT2D eigenvalue weighted by Crippen LogP contribution is -2.38. The van der Waals surface area contributed by atoms with Gasteiger partial charge in [-0.25, -0.2) is 17.2 Å². The molecule has 0 radical (unpaired) electrons. The Morgan fingerprint density at radius 2 is 1.58 bits per heavy atom. The third-order valence-corrected chi connectivity index (χ3v) is 4.56. The Morgan fingerprint density at radius 3 is 2.04 bits per heavy atom. The van der Waals surface area contributed by atoms with E-state index in [1.807, 2.05) is 0 Å². The number of sulfonamides is 1. The van der Waals surface area contributed by atoms with Gasteiger partial charge in [0, 0.05) is 11.3 Å². The molecule has 2 aromatic carbocycles. The lowest BCUT2D eigenvalue weighted by molar-refractivity contribution is -0.114. The first-order valence-corrected chi connectivity index (χ1v) is 9.27. The number of hydrogen-bond acceptors (Lipinski definition) is 4. The van der Waals surface area contributed by atoms with Crippen LogP contribution in [0.25, 0.3) is 0 Å². The maximum Gasteiger partial charge on any atom is 0.245 e. The second kappa shape index (κ2) is 7.61. The van der Waals surface area contributed by atoms with Crippen LogP contribution in [0.3, 0.4) is 0 Å². The van der Waals surface area contributed by atoms with Gasteiger partial charge >= 0.3 is 0 Å². The second-order valence-electron chi connectivity index (χ2n) is 5.52. The van der Waals surface area contributed by atoms with Crippen molar-refractivity contribution in [2.24, 2.45) is 0 Å². The summed E-state index contributed by atoms with van der Waals surface area (Å²) in [4.78, 5) is 23.4. The predicted molar refractivity (Wildman–Crippen MR) is 93.6 cm³/mol. The number of Topliss-reactive ketones (excluding diaryl/α,β-unsaturated/α-hetero) is 1. The molecule has 1 amide bonds. The first-order chi connectivity index (χ1) is 12.1. The van der Waals surface area contributed by atoms with Crippen molar-refractivity contribution in [2.75, 3.05) is 22.4 Å². The molecule has 6 nitrogen and oxygen atoms in total. The minimum Gasteiger partial charge on any atom is -0.325 e. The number of halogens is 2. The smallest absolute Gasteiger partial charge is 0.245 e. The van der Waals surface area contributed by atoms with Crippen molar-refractivity contribution in [3.8, 4) is 0 Å². The molecule has 1 N–H and O–H groups in total. The van der Waals surface area contributed by atoms with E-state index in [0.717, 1.165) is 24.5 Å². The fourth-order valence-electron chi connectivity index (χ4n) is 2.21. The molecule has 0 atom stereocenters. The van der Waals surface area contributed by atoms with Crippen molar-refractivity contribution in [3.05, 3.63) is 59.7 Å². The number of nitrogens with one attached hydrogen (secondary N) is 1. The van der Waals surface area contributed by atoms with E-state index in [-0.39, 0.29) is 5.78 Å². The van der Waals surface area contributed by atoms with E-state index in [4.69, 9.17) is 0 Å². The van der Waals surface area contributed by atoms with Crippen LogP contribution in [-0.2, 0) is 14.8 Å². The monoisotopic (exact) mass is 382 g/mol. The van der Waals surface area contributed by atoms with Gasteiger partial charge in [0.2, 0.25) is 15.9 Å². The Morgan fingerprint density at radius 1 is 1.04 bits per heavy atom. The number of ketones is 1. The summed E-state index contributed by atoms with van der Waals surface area (Å²) in [7, 11) is -4.12. The summed E-state index contributed by atoms with van der Waals surface area (Å²) in [6.45, 7) is 0.575.